The van der Waals surface area contributed by atoms with Crippen molar-refractivity contribution in [3.05, 3.63) is 75.2 Å². The molecule has 1 aliphatic rings. The Hall–Kier alpha value is -2.95. The standard InChI is InChI=1S/C24H22F3N5OS/c25-15-9-17-14(3-7-29-23(17)18(26)10-15)5-8-32(21-4-6-28-11-19(21)27)13-16-1-2-20-24(31-16)34-22(33)12-30-20/h1-3,7,9-10,12,19,21,28H,4-6,8,11,13H2/t19-,21+/m0/s1. The molecule has 176 valence electrons. The molecule has 0 unspecified atom stereocenters. The second-order valence-corrected chi connectivity index (χ2v) is 9.35. The van der Waals surface area contributed by atoms with Gasteiger partial charge in [-0.05, 0) is 49.2 Å². The minimum atomic E-state index is -1.06. The van der Waals surface area contributed by atoms with E-state index >= 15 is 0 Å². The maximum Gasteiger partial charge on any atom is 0.252 e. The molecule has 0 aliphatic carbocycles. The van der Waals surface area contributed by atoms with Crippen LogP contribution in [0.25, 0.3) is 21.3 Å². The smallest absolute Gasteiger partial charge is 0.252 e. The molecule has 0 spiro atoms. The predicted molar refractivity (Wildman–Crippen MR) is 126 cm³/mol. The van der Waals surface area contributed by atoms with E-state index in [0.29, 0.717) is 53.9 Å². The Labute approximate surface area is 197 Å². The molecule has 3 aromatic heterocycles. The number of hydrogen-bond acceptors (Lipinski definition) is 7. The van der Waals surface area contributed by atoms with E-state index < -0.39 is 17.8 Å². The van der Waals surface area contributed by atoms with Gasteiger partial charge in [-0.3, -0.25) is 14.7 Å². The van der Waals surface area contributed by atoms with Crippen LogP contribution in [0.1, 0.15) is 17.7 Å². The SMILES string of the molecule is O=c1cnc2ccc(CN(CCc3ccnc4c(F)cc(F)cc34)[C@@H]3CCNC[C@@H]3F)nc2s1. The van der Waals surface area contributed by atoms with E-state index in [2.05, 4.69) is 20.3 Å². The summed E-state index contributed by atoms with van der Waals surface area (Å²) in [5, 5.41) is 3.49. The van der Waals surface area contributed by atoms with Crippen molar-refractivity contribution in [1.82, 2.24) is 25.2 Å². The summed E-state index contributed by atoms with van der Waals surface area (Å²) >= 11 is 1.02. The van der Waals surface area contributed by atoms with Gasteiger partial charge in [0.2, 0.25) is 0 Å². The lowest BCUT2D eigenvalue weighted by Crippen LogP contribution is -2.51. The van der Waals surface area contributed by atoms with Gasteiger partial charge in [-0.25, -0.2) is 23.1 Å². The average molecular weight is 486 g/mol. The molecular formula is C24H22F3N5OS. The van der Waals surface area contributed by atoms with E-state index in [0.717, 1.165) is 23.0 Å². The van der Waals surface area contributed by atoms with Crippen LogP contribution in [0.4, 0.5) is 13.2 Å². The van der Waals surface area contributed by atoms with Gasteiger partial charge in [0.1, 0.15) is 22.3 Å². The van der Waals surface area contributed by atoms with Crippen molar-refractivity contribution >= 4 is 32.6 Å². The highest BCUT2D eigenvalue weighted by atomic mass is 32.1. The molecule has 0 saturated carbocycles. The average Bonchev–Trinajstić information content (AvgIpc) is 2.82. The number of alkyl halides is 1. The highest BCUT2D eigenvalue weighted by Gasteiger charge is 2.30. The fraction of sp³-hybridized carbons (Fsp3) is 0.333. The van der Waals surface area contributed by atoms with Crippen molar-refractivity contribution in [3.63, 3.8) is 0 Å². The monoisotopic (exact) mass is 485 g/mol. The molecule has 4 heterocycles. The topological polar surface area (TPSA) is 71.0 Å². The molecule has 6 nitrogen and oxygen atoms in total. The van der Waals surface area contributed by atoms with E-state index in [9.17, 15) is 18.0 Å². The number of halogens is 3. The number of hydrogen-bond donors (Lipinski definition) is 1. The third-order valence-corrected chi connectivity index (χ3v) is 6.93. The molecule has 0 amide bonds. The van der Waals surface area contributed by atoms with Crippen molar-refractivity contribution in [3.8, 4) is 0 Å². The highest BCUT2D eigenvalue weighted by Crippen LogP contribution is 2.24. The molecule has 0 bridgehead atoms. The second kappa shape index (κ2) is 9.73. The summed E-state index contributed by atoms with van der Waals surface area (Å²) in [6.45, 7) is 1.81. The van der Waals surface area contributed by atoms with Crippen molar-refractivity contribution in [1.29, 1.82) is 0 Å². The van der Waals surface area contributed by atoms with Crippen LogP contribution < -0.4 is 10.1 Å². The maximum absolute atomic E-state index is 14.9. The first-order valence-electron chi connectivity index (χ1n) is 11.1. The number of nitrogens with one attached hydrogen (secondary N) is 1. The summed E-state index contributed by atoms with van der Waals surface area (Å²) in [4.78, 5) is 27.0. The van der Waals surface area contributed by atoms with E-state index in [4.69, 9.17) is 0 Å². The summed E-state index contributed by atoms with van der Waals surface area (Å²) in [7, 11) is 0. The normalized spacial score (nSPS) is 18.7. The fourth-order valence-electron chi connectivity index (χ4n) is 4.48. The summed E-state index contributed by atoms with van der Waals surface area (Å²) < 4.78 is 42.8. The Bertz CT molecular complexity index is 1400. The van der Waals surface area contributed by atoms with Crippen LogP contribution in [0.2, 0.25) is 0 Å². The van der Waals surface area contributed by atoms with Gasteiger partial charge < -0.3 is 5.32 Å². The largest absolute Gasteiger partial charge is 0.314 e. The number of pyridine rings is 2. The molecule has 10 heteroatoms. The fourth-order valence-corrected chi connectivity index (χ4v) is 5.16. The zero-order valence-corrected chi connectivity index (χ0v) is 19.0. The first-order valence-corrected chi connectivity index (χ1v) is 11.9. The van der Waals surface area contributed by atoms with Gasteiger partial charge in [-0.2, -0.15) is 0 Å². The molecule has 1 saturated heterocycles. The van der Waals surface area contributed by atoms with Crippen LogP contribution >= 0.6 is 11.3 Å². The Balaban J connectivity index is 1.44. The van der Waals surface area contributed by atoms with E-state index in [1.165, 1.54) is 18.5 Å². The molecule has 0 radical (unpaired) electrons. The number of nitrogens with zero attached hydrogens (tertiary/aromatic N) is 4. The number of aromatic nitrogens is 3. The minimum Gasteiger partial charge on any atom is -0.314 e. The predicted octanol–water partition coefficient (Wildman–Crippen LogP) is 3.62. The van der Waals surface area contributed by atoms with Crippen molar-refractivity contribution in [2.45, 2.75) is 31.6 Å². The van der Waals surface area contributed by atoms with Gasteiger partial charge >= 0.3 is 0 Å². The first-order chi connectivity index (χ1) is 16.5. The first kappa shape index (κ1) is 22.8. The van der Waals surface area contributed by atoms with Crippen molar-refractivity contribution in [2.75, 3.05) is 19.6 Å². The van der Waals surface area contributed by atoms with Crippen LogP contribution in [0.3, 0.4) is 0 Å². The number of benzene rings is 1. The Kier molecular flexibility index (Phi) is 6.53. The van der Waals surface area contributed by atoms with Gasteiger partial charge in [-0.15, -0.1) is 0 Å². The highest BCUT2D eigenvalue weighted by molar-refractivity contribution is 7.15. The molecule has 34 heavy (non-hydrogen) atoms. The molecule has 2 atom stereocenters. The molecule has 1 aliphatic heterocycles. The quantitative estimate of drug-likeness (QED) is 0.450. The lowest BCUT2D eigenvalue weighted by atomic mass is 10.0. The van der Waals surface area contributed by atoms with E-state index in [-0.39, 0.29) is 22.8 Å². The third kappa shape index (κ3) is 4.79. The molecule has 1 N–H and O–H groups in total. The van der Waals surface area contributed by atoms with Crippen molar-refractivity contribution < 1.29 is 13.2 Å². The molecule has 5 rings (SSSR count). The Morgan fingerprint density at radius 2 is 2.06 bits per heavy atom. The Morgan fingerprint density at radius 1 is 1.18 bits per heavy atom. The van der Waals surface area contributed by atoms with Gasteiger partial charge in [0.25, 0.3) is 4.74 Å². The van der Waals surface area contributed by atoms with Gasteiger partial charge in [0, 0.05) is 43.3 Å². The van der Waals surface area contributed by atoms with Crippen LogP contribution in [0.5, 0.6) is 0 Å². The molecule has 1 aromatic carbocycles. The second-order valence-electron chi connectivity index (χ2n) is 8.36. The third-order valence-electron chi connectivity index (χ3n) is 6.13. The lowest BCUT2D eigenvalue weighted by Gasteiger charge is -2.36. The number of fused-ring (bicyclic) bond motifs is 2. The van der Waals surface area contributed by atoms with Crippen LogP contribution in [0, 0.1) is 11.6 Å². The van der Waals surface area contributed by atoms with Gasteiger partial charge in [-0.1, -0.05) is 11.3 Å². The summed E-state index contributed by atoms with van der Waals surface area (Å²) in [5.41, 5.74) is 2.21. The van der Waals surface area contributed by atoms with Crippen LogP contribution in [-0.4, -0.2) is 51.7 Å². The molecular weight excluding hydrogens is 463 g/mol. The van der Waals surface area contributed by atoms with Gasteiger partial charge in [0.15, 0.2) is 5.82 Å². The van der Waals surface area contributed by atoms with Crippen molar-refractivity contribution in [2.24, 2.45) is 0 Å². The number of piperidine rings is 1. The van der Waals surface area contributed by atoms with E-state index in [1.54, 1.807) is 6.07 Å². The summed E-state index contributed by atoms with van der Waals surface area (Å²) in [5.74, 6) is -1.37. The zero-order valence-electron chi connectivity index (χ0n) is 18.2. The maximum atomic E-state index is 14.9. The van der Waals surface area contributed by atoms with Crippen LogP contribution in [0.15, 0.2) is 47.5 Å². The molecule has 4 aromatic rings. The summed E-state index contributed by atoms with van der Waals surface area (Å²) in [6, 6.07) is 7.17. The zero-order chi connectivity index (χ0) is 23.7. The molecule has 1 fully saturated rings. The van der Waals surface area contributed by atoms with E-state index in [1.807, 2.05) is 17.0 Å². The Morgan fingerprint density at radius 3 is 2.91 bits per heavy atom. The minimum absolute atomic E-state index is 0.120. The summed E-state index contributed by atoms with van der Waals surface area (Å²) in [6.07, 6.45) is 2.81. The lowest BCUT2D eigenvalue weighted by molar-refractivity contribution is 0.0783. The number of rotatable bonds is 6. The van der Waals surface area contributed by atoms with Crippen LogP contribution in [-0.2, 0) is 13.0 Å². The van der Waals surface area contributed by atoms with Gasteiger partial charge in [0.05, 0.1) is 17.4 Å².